The molecule has 0 bridgehead atoms. The summed E-state index contributed by atoms with van der Waals surface area (Å²) in [5.74, 6) is -0.348. The van der Waals surface area contributed by atoms with Crippen molar-refractivity contribution < 1.29 is 4.39 Å². The van der Waals surface area contributed by atoms with Crippen LogP contribution in [0.2, 0.25) is 0 Å². The average Bonchev–Trinajstić information content (AvgIpc) is 2.06. The van der Waals surface area contributed by atoms with Gasteiger partial charge in [-0.1, -0.05) is 26.8 Å². The van der Waals surface area contributed by atoms with Gasteiger partial charge < -0.3 is 0 Å². The van der Waals surface area contributed by atoms with Gasteiger partial charge in [-0.15, -0.1) is 0 Å². The van der Waals surface area contributed by atoms with Gasteiger partial charge in [-0.3, -0.25) is 0 Å². The molecule has 0 saturated heterocycles. The lowest BCUT2D eigenvalue weighted by atomic mass is 9.86. The maximum atomic E-state index is 12.8. The first kappa shape index (κ1) is 10.7. The smallest absolute Gasteiger partial charge is 0.124 e. The van der Waals surface area contributed by atoms with Gasteiger partial charge in [-0.2, -0.15) is 5.26 Å². The van der Waals surface area contributed by atoms with E-state index in [1.165, 1.54) is 12.1 Å². The van der Waals surface area contributed by atoms with E-state index >= 15 is 0 Å². The number of nitrogens with zero attached hydrogens (tertiary/aromatic N) is 1. The highest BCUT2D eigenvalue weighted by molar-refractivity contribution is 5.38. The van der Waals surface area contributed by atoms with E-state index in [9.17, 15) is 4.39 Å². The summed E-state index contributed by atoms with van der Waals surface area (Å²) < 4.78 is 12.8. The molecule has 1 aromatic rings. The highest BCUT2D eigenvalue weighted by atomic mass is 19.1. The van der Waals surface area contributed by atoms with Gasteiger partial charge in [0.1, 0.15) is 5.82 Å². The summed E-state index contributed by atoms with van der Waals surface area (Å²) in [6.45, 7) is 6.28. The number of nitriles is 1. The van der Waals surface area contributed by atoms with Crippen molar-refractivity contribution in [2.75, 3.05) is 0 Å². The van der Waals surface area contributed by atoms with E-state index in [0.717, 1.165) is 12.0 Å². The Bertz CT molecular complexity index is 369. The Labute approximate surface area is 84.2 Å². The van der Waals surface area contributed by atoms with E-state index < -0.39 is 0 Å². The molecule has 0 N–H and O–H groups in total. The predicted octanol–water partition coefficient (Wildman–Crippen LogP) is 3.29. The summed E-state index contributed by atoms with van der Waals surface area (Å²) >= 11 is 0. The van der Waals surface area contributed by atoms with Crippen molar-refractivity contribution in [3.05, 3.63) is 35.1 Å². The quantitative estimate of drug-likeness (QED) is 0.668. The van der Waals surface area contributed by atoms with Crippen LogP contribution in [-0.2, 0) is 6.42 Å². The molecule has 0 atom stereocenters. The average molecular weight is 191 g/mol. The van der Waals surface area contributed by atoms with Crippen LogP contribution in [0.3, 0.4) is 0 Å². The molecular weight excluding hydrogens is 177 g/mol. The van der Waals surface area contributed by atoms with Gasteiger partial charge in [-0.25, -0.2) is 4.39 Å². The zero-order valence-corrected chi connectivity index (χ0v) is 8.76. The molecule has 74 valence electrons. The molecule has 1 rings (SSSR count). The van der Waals surface area contributed by atoms with Crippen LogP contribution in [0.25, 0.3) is 0 Å². The minimum Gasteiger partial charge on any atom is -0.207 e. The van der Waals surface area contributed by atoms with Crippen molar-refractivity contribution in [2.45, 2.75) is 27.2 Å². The van der Waals surface area contributed by atoms with Crippen LogP contribution in [0.4, 0.5) is 4.39 Å². The lowest BCUT2D eigenvalue weighted by Crippen LogP contribution is -2.10. The highest BCUT2D eigenvalue weighted by Gasteiger charge is 2.14. The van der Waals surface area contributed by atoms with E-state index in [1.54, 1.807) is 6.07 Å². The molecule has 1 nitrogen and oxygen atoms in total. The van der Waals surface area contributed by atoms with E-state index in [-0.39, 0.29) is 11.2 Å². The van der Waals surface area contributed by atoms with Gasteiger partial charge in [0, 0.05) is 0 Å². The summed E-state index contributed by atoms with van der Waals surface area (Å²) in [4.78, 5) is 0. The molecule has 0 spiro atoms. The monoisotopic (exact) mass is 191 g/mol. The number of benzene rings is 1. The van der Waals surface area contributed by atoms with Crippen molar-refractivity contribution >= 4 is 0 Å². The van der Waals surface area contributed by atoms with Crippen molar-refractivity contribution in [3.63, 3.8) is 0 Å². The Morgan fingerprint density at radius 2 is 2.00 bits per heavy atom. The second-order valence-electron chi connectivity index (χ2n) is 4.65. The van der Waals surface area contributed by atoms with E-state index in [2.05, 4.69) is 20.8 Å². The molecule has 0 saturated carbocycles. The first-order valence-corrected chi connectivity index (χ1v) is 4.61. The maximum absolute atomic E-state index is 12.8. The summed E-state index contributed by atoms with van der Waals surface area (Å²) in [7, 11) is 0. The van der Waals surface area contributed by atoms with Crippen LogP contribution >= 0.6 is 0 Å². The molecule has 0 aliphatic rings. The molecule has 0 amide bonds. The molecule has 0 aliphatic carbocycles. The van der Waals surface area contributed by atoms with Crippen molar-refractivity contribution in [1.82, 2.24) is 0 Å². The van der Waals surface area contributed by atoms with Crippen molar-refractivity contribution in [1.29, 1.82) is 5.26 Å². The summed E-state index contributed by atoms with van der Waals surface area (Å²) in [5, 5.41) is 8.82. The fourth-order valence-electron chi connectivity index (χ4n) is 1.38. The second kappa shape index (κ2) is 3.79. The zero-order valence-electron chi connectivity index (χ0n) is 8.76. The van der Waals surface area contributed by atoms with E-state index in [0.29, 0.717) is 5.56 Å². The van der Waals surface area contributed by atoms with Gasteiger partial charge in [-0.05, 0) is 29.5 Å². The van der Waals surface area contributed by atoms with Gasteiger partial charge in [0.2, 0.25) is 0 Å². The number of hydrogen-bond donors (Lipinski definition) is 0. The number of hydrogen-bond acceptors (Lipinski definition) is 1. The van der Waals surface area contributed by atoms with Gasteiger partial charge in [0.05, 0.1) is 11.6 Å². The SMILES string of the molecule is CC(C)(C)Cc1ccc(F)cc1C#N. The second-order valence-corrected chi connectivity index (χ2v) is 4.65. The fourth-order valence-corrected chi connectivity index (χ4v) is 1.38. The van der Waals surface area contributed by atoms with Crippen LogP contribution in [0.1, 0.15) is 31.9 Å². The van der Waals surface area contributed by atoms with Crippen LogP contribution in [0.15, 0.2) is 18.2 Å². The van der Waals surface area contributed by atoms with E-state index in [4.69, 9.17) is 5.26 Å². The Hall–Kier alpha value is -1.36. The Morgan fingerprint density at radius 1 is 1.36 bits per heavy atom. The van der Waals surface area contributed by atoms with Gasteiger partial charge >= 0.3 is 0 Å². The molecule has 0 heterocycles. The molecule has 14 heavy (non-hydrogen) atoms. The topological polar surface area (TPSA) is 23.8 Å². The summed E-state index contributed by atoms with van der Waals surface area (Å²) in [6.07, 6.45) is 0.788. The Kier molecular flexibility index (Phi) is 2.90. The van der Waals surface area contributed by atoms with Crippen LogP contribution in [0.5, 0.6) is 0 Å². The molecular formula is C12H14FN. The molecule has 2 heteroatoms. The van der Waals surface area contributed by atoms with E-state index in [1.807, 2.05) is 6.07 Å². The number of halogens is 1. The third-order valence-electron chi connectivity index (χ3n) is 1.91. The molecule has 0 radical (unpaired) electrons. The first-order chi connectivity index (χ1) is 6.42. The minimum absolute atomic E-state index is 0.115. The largest absolute Gasteiger partial charge is 0.207 e. The number of rotatable bonds is 1. The van der Waals surface area contributed by atoms with Gasteiger partial charge in [0.15, 0.2) is 0 Å². The maximum Gasteiger partial charge on any atom is 0.124 e. The molecule has 0 aromatic heterocycles. The molecule has 0 unspecified atom stereocenters. The molecule has 0 fully saturated rings. The predicted molar refractivity (Wildman–Crippen MR) is 54.3 cm³/mol. The third kappa shape index (κ3) is 2.85. The Balaban J connectivity index is 3.05. The fraction of sp³-hybridized carbons (Fsp3) is 0.417. The zero-order chi connectivity index (χ0) is 10.8. The molecule has 1 aromatic carbocycles. The standard InChI is InChI=1S/C12H14FN/c1-12(2,3)7-9-4-5-11(13)6-10(9)8-14/h4-6H,7H2,1-3H3. The van der Waals surface area contributed by atoms with Crippen LogP contribution in [0, 0.1) is 22.6 Å². The van der Waals surface area contributed by atoms with Crippen molar-refractivity contribution in [3.8, 4) is 6.07 Å². The van der Waals surface area contributed by atoms with Crippen molar-refractivity contribution in [2.24, 2.45) is 5.41 Å². The normalized spacial score (nSPS) is 11.1. The first-order valence-electron chi connectivity index (χ1n) is 4.61. The lowest BCUT2D eigenvalue weighted by molar-refractivity contribution is 0.410. The Morgan fingerprint density at radius 3 is 2.50 bits per heavy atom. The third-order valence-corrected chi connectivity index (χ3v) is 1.91. The van der Waals surface area contributed by atoms with Gasteiger partial charge in [0.25, 0.3) is 0 Å². The van der Waals surface area contributed by atoms with Crippen LogP contribution < -0.4 is 0 Å². The molecule has 0 aliphatic heterocycles. The minimum atomic E-state index is -0.348. The highest BCUT2D eigenvalue weighted by Crippen LogP contribution is 2.23. The summed E-state index contributed by atoms with van der Waals surface area (Å²) in [5.41, 5.74) is 1.48. The summed E-state index contributed by atoms with van der Waals surface area (Å²) in [6, 6.07) is 6.41. The van der Waals surface area contributed by atoms with Crippen LogP contribution in [-0.4, -0.2) is 0 Å². The lowest BCUT2D eigenvalue weighted by Gasteiger charge is -2.18.